The Morgan fingerprint density at radius 3 is 2.73 bits per heavy atom. The fourth-order valence-corrected chi connectivity index (χ4v) is 4.10. The average Bonchev–Trinajstić information content (AvgIpc) is 3.23. The number of piperidine rings is 1. The molecule has 0 spiro atoms. The molecule has 2 aromatic heterocycles. The molecular weight excluding hydrogens is 404 g/mol. The van der Waals surface area contributed by atoms with Crippen LogP contribution in [0.3, 0.4) is 0 Å². The molecule has 158 valence electrons. The summed E-state index contributed by atoms with van der Waals surface area (Å²) in [6.45, 7) is 2.80. The number of carbonyl (C=O) groups is 1. The quantitative estimate of drug-likeness (QED) is 0.628. The van der Waals surface area contributed by atoms with Crippen LogP contribution in [0, 0.1) is 0 Å². The Hall–Kier alpha value is -3.07. The summed E-state index contributed by atoms with van der Waals surface area (Å²) in [5.74, 6) is 0.473. The van der Waals surface area contributed by atoms with E-state index in [1.54, 1.807) is 19.1 Å². The number of aromatic amines is 1. The number of aromatic nitrogens is 2. The number of sulfonamides is 1. The van der Waals surface area contributed by atoms with Gasteiger partial charge in [-0.1, -0.05) is 0 Å². The summed E-state index contributed by atoms with van der Waals surface area (Å²) in [4.78, 5) is 22.0. The summed E-state index contributed by atoms with van der Waals surface area (Å²) < 4.78 is 31.6. The van der Waals surface area contributed by atoms with Crippen LogP contribution in [0.25, 0.3) is 10.9 Å². The normalized spacial score (nSPS) is 15.3. The molecule has 2 N–H and O–H groups in total. The van der Waals surface area contributed by atoms with Crippen LogP contribution in [0.5, 0.6) is 5.88 Å². The number of rotatable bonds is 6. The number of likely N-dealkylation sites (tertiary alicyclic amines) is 1. The largest absolute Gasteiger partial charge is 0.474 e. The number of hydrogen-bond acceptors (Lipinski definition) is 5. The Kier molecular flexibility index (Phi) is 5.63. The average molecular weight is 429 g/mol. The van der Waals surface area contributed by atoms with Gasteiger partial charge >= 0.3 is 0 Å². The van der Waals surface area contributed by atoms with Gasteiger partial charge in [0.05, 0.1) is 17.6 Å². The lowest BCUT2D eigenvalue weighted by atomic mass is 10.1. The maximum Gasteiger partial charge on any atom is 0.253 e. The summed E-state index contributed by atoms with van der Waals surface area (Å²) in [5, 5.41) is 1.02. The van der Waals surface area contributed by atoms with Crippen LogP contribution in [0.1, 0.15) is 30.1 Å². The first-order chi connectivity index (χ1) is 14.4. The van der Waals surface area contributed by atoms with Gasteiger partial charge in [-0.3, -0.25) is 9.52 Å². The van der Waals surface area contributed by atoms with Crippen molar-refractivity contribution < 1.29 is 17.9 Å². The number of anilines is 1. The zero-order valence-electron chi connectivity index (χ0n) is 16.7. The molecule has 8 nitrogen and oxygen atoms in total. The molecule has 0 saturated carbocycles. The molecule has 9 heteroatoms. The van der Waals surface area contributed by atoms with Crippen LogP contribution in [0.15, 0.2) is 48.8 Å². The molecule has 0 unspecified atom stereocenters. The molecule has 3 heterocycles. The van der Waals surface area contributed by atoms with E-state index in [1.165, 1.54) is 6.20 Å². The highest BCUT2D eigenvalue weighted by molar-refractivity contribution is 7.92. The Morgan fingerprint density at radius 2 is 2.03 bits per heavy atom. The lowest BCUT2D eigenvalue weighted by Gasteiger charge is -2.32. The molecule has 1 amide bonds. The number of nitrogens with one attached hydrogen (secondary N) is 2. The second-order valence-corrected chi connectivity index (χ2v) is 9.29. The van der Waals surface area contributed by atoms with Gasteiger partial charge in [-0.05, 0) is 37.3 Å². The van der Waals surface area contributed by atoms with Crippen molar-refractivity contribution in [3.63, 3.8) is 0 Å². The first-order valence-corrected chi connectivity index (χ1v) is 11.6. The van der Waals surface area contributed by atoms with Gasteiger partial charge in [0.2, 0.25) is 15.9 Å². The summed E-state index contributed by atoms with van der Waals surface area (Å²) in [6, 6.07) is 10.9. The van der Waals surface area contributed by atoms with E-state index in [9.17, 15) is 13.2 Å². The van der Waals surface area contributed by atoms with Crippen molar-refractivity contribution in [1.82, 2.24) is 14.9 Å². The number of H-pyrrole nitrogens is 1. The third kappa shape index (κ3) is 4.56. The van der Waals surface area contributed by atoms with Crippen LogP contribution < -0.4 is 9.46 Å². The second-order valence-electron chi connectivity index (χ2n) is 7.28. The zero-order chi connectivity index (χ0) is 21.1. The lowest BCUT2D eigenvalue weighted by Crippen LogP contribution is -2.41. The number of ether oxygens (including phenoxy) is 1. The highest BCUT2D eigenvalue weighted by Gasteiger charge is 2.25. The van der Waals surface area contributed by atoms with Crippen molar-refractivity contribution in [3.8, 4) is 5.88 Å². The van der Waals surface area contributed by atoms with Gasteiger partial charge < -0.3 is 14.6 Å². The summed E-state index contributed by atoms with van der Waals surface area (Å²) in [7, 11) is -3.33. The third-order valence-corrected chi connectivity index (χ3v) is 6.51. The van der Waals surface area contributed by atoms with Crippen molar-refractivity contribution in [2.75, 3.05) is 23.6 Å². The molecule has 0 atom stereocenters. The van der Waals surface area contributed by atoms with Gasteiger partial charge in [0.25, 0.3) is 5.91 Å². The van der Waals surface area contributed by atoms with E-state index in [-0.39, 0.29) is 17.8 Å². The number of hydrogen-bond donors (Lipinski definition) is 2. The van der Waals surface area contributed by atoms with Gasteiger partial charge in [-0.15, -0.1) is 0 Å². The molecule has 30 heavy (non-hydrogen) atoms. The Labute approximate surface area is 175 Å². The molecule has 1 aromatic carbocycles. The first kappa shape index (κ1) is 20.2. The number of fused-ring (bicyclic) bond motifs is 1. The smallest absolute Gasteiger partial charge is 0.253 e. The molecule has 3 aromatic rings. The fourth-order valence-electron chi connectivity index (χ4n) is 3.48. The number of nitrogens with zero attached hydrogens (tertiary/aromatic N) is 2. The van der Waals surface area contributed by atoms with Crippen molar-refractivity contribution in [1.29, 1.82) is 0 Å². The maximum atomic E-state index is 12.8. The number of pyridine rings is 1. The molecule has 0 radical (unpaired) electrons. The molecule has 4 rings (SSSR count). The minimum absolute atomic E-state index is 0.00158. The predicted octanol–water partition coefficient (Wildman–Crippen LogP) is 3.01. The van der Waals surface area contributed by atoms with E-state index in [0.29, 0.717) is 43.1 Å². The fraction of sp³-hybridized carbons (Fsp3) is 0.333. The zero-order valence-corrected chi connectivity index (χ0v) is 17.5. The van der Waals surface area contributed by atoms with Crippen LogP contribution in [0.2, 0.25) is 0 Å². The van der Waals surface area contributed by atoms with Crippen molar-refractivity contribution in [2.45, 2.75) is 25.9 Å². The predicted molar refractivity (Wildman–Crippen MR) is 115 cm³/mol. The number of carbonyl (C=O) groups excluding carboxylic acids is 1. The summed E-state index contributed by atoms with van der Waals surface area (Å²) in [6.07, 6.45) is 4.69. The first-order valence-electron chi connectivity index (χ1n) is 9.93. The van der Waals surface area contributed by atoms with Crippen molar-refractivity contribution in [2.24, 2.45) is 0 Å². The molecular formula is C21H24N4O4S. The molecule has 1 fully saturated rings. The number of benzene rings is 1. The SMILES string of the molecule is CCS(=O)(=O)Nc1ccc(OC2CCN(C(=O)c3ccc4[nH]ccc4c3)CC2)nc1. The minimum Gasteiger partial charge on any atom is -0.474 e. The van der Waals surface area contributed by atoms with Gasteiger partial charge in [-0.25, -0.2) is 13.4 Å². The maximum absolute atomic E-state index is 12.8. The van der Waals surface area contributed by atoms with Crippen LogP contribution >= 0.6 is 0 Å². The topological polar surface area (TPSA) is 104 Å². The minimum atomic E-state index is -3.33. The van der Waals surface area contributed by atoms with E-state index in [0.717, 1.165) is 10.9 Å². The highest BCUT2D eigenvalue weighted by atomic mass is 32.2. The molecule has 0 aliphatic carbocycles. The molecule has 1 aliphatic heterocycles. The van der Waals surface area contributed by atoms with Gasteiger partial charge in [0.1, 0.15) is 6.10 Å². The Bertz CT molecular complexity index is 1130. The van der Waals surface area contributed by atoms with E-state index >= 15 is 0 Å². The summed E-state index contributed by atoms with van der Waals surface area (Å²) in [5.41, 5.74) is 2.11. The van der Waals surface area contributed by atoms with Crippen LogP contribution in [-0.4, -0.2) is 54.1 Å². The van der Waals surface area contributed by atoms with Gasteiger partial charge in [0, 0.05) is 54.7 Å². The van der Waals surface area contributed by atoms with E-state index in [2.05, 4.69) is 14.7 Å². The third-order valence-electron chi connectivity index (χ3n) is 5.21. The van der Waals surface area contributed by atoms with E-state index in [4.69, 9.17) is 4.74 Å². The Morgan fingerprint density at radius 1 is 1.23 bits per heavy atom. The standard InChI is InChI=1S/C21H24N4O4S/c1-2-30(27,28)24-17-4-6-20(23-14-17)29-18-8-11-25(12-9-18)21(26)16-3-5-19-15(13-16)7-10-22-19/h3-7,10,13-14,18,22,24H,2,8-9,11-12H2,1H3. The molecule has 1 saturated heterocycles. The van der Waals surface area contributed by atoms with E-state index in [1.807, 2.05) is 35.4 Å². The van der Waals surface area contributed by atoms with Crippen molar-refractivity contribution in [3.05, 3.63) is 54.4 Å². The highest BCUT2D eigenvalue weighted by Crippen LogP contribution is 2.21. The van der Waals surface area contributed by atoms with Gasteiger partial charge in [-0.2, -0.15) is 0 Å². The number of amides is 1. The van der Waals surface area contributed by atoms with E-state index < -0.39 is 10.0 Å². The lowest BCUT2D eigenvalue weighted by molar-refractivity contribution is 0.0588. The Balaban J connectivity index is 1.31. The second kappa shape index (κ2) is 8.35. The van der Waals surface area contributed by atoms with Crippen LogP contribution in [0.4, 0.5) is 5.69 Å². The monoisotopic (exact) mass is 428 g/mol. The van der Waals surface area contributed by atoms with Gasteiger partial charge in [0.15, 0.2) is 0 Å². The van der Waals surface area contributed by atoms with Crippen LogP contribution in [-0.2, 0) is 10.0 Å². The van der Waals surface area contributed by atoms with Crippen molar-refractivity contribution >= 4 is 32.5 Å². The molecule has 1 aliphatic rings. The summed E-state index contributed by atoms with van der Waals surface area (Å²) >= 11 is 0. The molecule has 0 bridgehead atoms.